The second-order valence-corrected chi connectivity index (χ2v) is 11.2. The summed E-state index contributed by atoms with van der Waals surface area (Å²) in [7, 11) is 3.58. The van der Waals surface area contributed by atoms with Crippen LogP contribution >= 0.6 is 31.9 Å². The Morgan fingerprint density at radius 1 is 1.05 bits per heavy atom. The van der Waals surface area contributed by atoms with Crippen LogP contribution in [0.1, 0.15) is 12.5 Å². The Morgan fingerprint density at radius 3 is 2.47 bits per heavy atom. The van der Waals surface area contributed by atoms with Gasteiger partial charge in [-0.25, -0.2) is 4.39 Å². The summed E-state index contributed by atoms with van der Waals surface area (Å²) in [4.78, 5) is 31.8. The van der Waals surface area contributed by atoms with Crippen molar-refractivity contribution in [2.75, 3.05) is 43.9 Å². The molecule has 1 aliphatic rings. The third kappa shape index (κ3) is 6.92. The molecule has 1 aliphatic heterocycles. The van der Waals surface area contributed by atoms with Crippen LogP contribution in [-0.2, 0) is 16.1 Å². The number of nitrogens with one attached hydrogen (secondary N) is 1. The minimum absolute atomic E-state index is 0.0172. The van der Waals surface area contributed by atoms with E-state index in [4.69, 9.17) is 4.74 Å². The first-order valence-electron chi connectivity index (χ1n) is 12.1. The van der Waals surface area contributed by atoms with Crippen LogP contribution in [0.2, 0.25) is 0 Å². The molecule has 200 valence electrons. The Morgan fingerprint density at radius 2 is 1.76 bits per heavy atom. The molecule has 1 N–H and O–H groups in total. The molecule has 10 heteroatoms. The Labute approximate surface area is 238 Å². The number of ether oxygens (including phenoxy) is 1. The molecule has 0 aromatic heterocycles. The Balaban J connectivity index is 1.49. The van der Waals surface area contributed by atoms with Crippen LogP contribution in [0, 0.1) is 5.82 Å². The number of carbonyl (C=O) groups is 2. The summed E-state index contributed by atoms with van der Waals surface area (Å²) in [6.07, 6.45) is 0. The number of hydrogen-bond donors (Lipinski definition) is 1. The molecule has 38 heavy (non-hydrogen) atoms. The maximum atomic E-state index is 14.1. The molecule has 0 aliphatic carbocycles. The number of amides is 2. The lowest BCUT2D eigenvalue weighted by Crippen LogP contribution is -2.50. The predicted octanol–water partition coefficient (Wildman–Crippen LogP) is 5.88. The van der Waals surface area contributed by atoms with E-state index in [2.05, 4.69) is 60.9 Å². The second-order valence-electron chi connectivity index (χ2n) is 9.39. The van der Waals surface area contributed by atoms with E-state index in [9.17, 15) is 14.0 Å². The molecule has 3 aromatic carbocycles. The number of halogens is 3. The third-order valence-electron chi connectivity index (χ3n) is 6.36. The quantitative estimate of drug-likeness (QED) is 0.339. The van der Waals surface area contributed by atoms with Crippen LogP contribution in [0.25, 0.3) is 0 Å². The van der Waals surface area contributed by atoms with Gasteiger partial charge < -0.3 is 24.8 Å². The molecule has 1 saturated heterocycles. The average Bonchev–Trinajstić information content (AvgIpc) is 2.87. The van der Waals surface area contributed by atoms with Gasteiger partial charge in [0.2, 0.25) is 0 Å². The molecule has 0 radical (unpaired) electrons. The molecular weight excluding hydrogens is 619 g/mol. The van der Waals surface area contributed by atoms with E-state index in [0.29, 0.717) is 22.7 Å². The fraction of sp³-hybridized carbons (Fsp3) is 0.286. The van der Waals surface area contributed by atoms with Gasteiger partial charge >= 0.3 is 11.8 Å². The molecule has 2 amide bonds. The zero-order valence-corrected chi connectivity index (χ0v) is 24.6. The van der Waals surface area contributed by atoms with Crippen molar-refractivity contribution in [1.82, 2.24) is 9.80 Å². The summed E-state index contributed by atoms with van der Waals surface area (Å²) in [5, 5.41) is 2.79. The molecule has 1 atom stereocenters. The summed E-state index contributed by atoms with van der Waals surface area (Å²) >= 11 is 6.85. The first-order chi connectivity index (χ1) is 18.1. The highest BCUT2D eigenvalue weighted by molar-refractivity contribution is 9.10. The summed E-state index contributed by atoms with van der Waals surface area (Å²) in [6, 6.07) is 17.2. The highest BCUT2D eigenvalue weighted by Crippen LogP contribution is 2.32. The maximum absolute atomic E-state index is 14.1. The fourth-order valence-corrected chi connectivity index (χ4v) is 5.06. The summed E-state index contributed by atoms with van der Waals surface area (Å²) in [5.41, 5.74) is 1.84. The number of piperazine rings is 1. The Hall–Kier alpha value is -2.95. The van der Waals surface area contributed by atoms with Crippen molar-refractivity contribution < 1.29 is 18.7 Å². The number of rotatable bonds is 6. The highest BCUT2D eigenvalue weighted by Gasteiger charge is 2.26. The van der Waals surface area contributed by atoms with Gasteiger partial charge in [0.05, 0.1) is 11.4 Å². The molecule has 7 nitrogen and oxygen atoms in total. The minimum atomic E-state index is -0.777. The van der Waals surface area contributed by atoms with Crippen molar-refractivity contribution in [3.8, 4) is 11.5 Å². The van der Waals surface area contributed by atoms with Crippen molar-refractivity contribution in [3.63, 3.8) is 0 Å². The van der Waals surface area contributed by atoms with Gasteiger partial charge in [-0.2, -0.15) is 0 Å². The van der Waals surface area contributed by atoms with Crippen LogP contribution < -0.4 is 15.0 Å². The smallest absolute Gasteiger partial charge is 0.313 e. The molecule has 0 bridgehead atoms. The van der Waals surface area contributed by atoms with Gasteiger partial charge in [0.15, 0.2) is 0 Å². The number of carbonyl (C=O) groups excluding carboxylic acids is 2. The van der Waals surface area contributed by atoms with Crippen LogP contribution in [0.15, 0.2) is 69.6 Å². The van der Waals surface area contributed by atoms with Crippen LogP contribution in [0.4, 0.5) is 15.8 Å². The molecule has 1 unspecified atom stereocenters. The van der Waals surface area contributed by atoms with Gasteiger partial charge in [-0.3, -0.25) is 9.59 Å². The Bertz CT molecular complexity index is 1320. The van der Waals surface area contributed by atoms with Crippen LogP contribution in [0.3, 0.4) is 0 Å². The SMILES string of the molecule is CC1CN(C)CCN1c1ccc(Br)cc1NC(=O)C(=O)N(C)Cc1cc(F)ccc1Oc1ccc(Br)cc1. The zero-order chi connectivity index (χ0) is 27.4. The number of nitrogens with zero attached hydrogens (tertiary/aromatic N) is 3. The summed E-state index contributed by atoms with van der Waals surface area (Å²) < 4.78 is 21.7. The molecule has 0 spiro atoms. The molecule has 4 rings (SSSR count). The van der Waals surface area contributed by atoms with Gasteiger partial charge in [-0.15, -0.1) is 0 Å². The van der Waals surface area contributed by atoms with Crippen molar-refractivity contribution in [2.45, 2.75) is 19.5 Å². The maximum Gasteiger partial charge on any atom is 0.313 e. The van der Waals surface area contributed by atoms with Gasteiger partial charge in [0, 0.05) is 53.8 Å². The largest absolute Gasteiger partial charge is 0.457 e. The average molecular weight is 648 g/mol. The number of benzene rings is 3. The van der Waals surface area contributed by atoms with Gasteiger partial charge in [-0.1, -0.05) is 31.9 Å². The van der Waals surface area contributed by atoms with Crippen molar-refractivity contribution in [2.24, 2.45) is 0 Å². The standard InChI is InChI=1S/C28H29Br2FN4O3/c1-18-16-33(2)12-13-35(18)25-10-6-21(30)15-24(25)32-27(36)28(37)34(3)17-19-14-22(31)7-11-26(19)38-23-8-4-20(29)5-9-23/h4-11,14-15,18H,12-13,16-17H2,1-3H3,(H,32,36). The number of anilines is 2. The lowest BCUT2D eigenvalue weighted by atomic mass is 10.1. The van der Waals surface area contributed by atoms with E-state index in [1.54, 1.807) is 18.2 Å². The molecule has 3 aromatic rings. The normalized spacial score (nSPS) is 15.7. The van der Waals surface area contributed by atoms with E-state index >= 15 is 0 Å². The second kappa shape index (κ2) is 12.3. The molecule has 1 heterocycles. The number of hydrogen-bond acceptors (Lipinski definition) is 5. The minimum Gasteiger partial charge on any atom is -0.457 e. The Kier molecular flexibility index (Phi) is 9.07. The van der Waals surface area contributed by atoms with Crippen molar-refractivity contribution in [1.29, 1.82) is 0 Å². The van der Waals surface area contributed by atoms with Gasteiger partial charge in [-0.05, 0) is 74.6 Å². The number of likely N-dealkylation sites (N-methyl/N-ethyl adjacent to an activating group) is 2. The van der Waals surface area contributed by atoms with Crippen LogP contribution in [-0.4, -0.2) is 61.4 Å². The van der Waals surface area contributed by atoms with Crippen molar-refractivity contribution in [3.05, 3.63) is 81.0 Å². The van der Waals surface area contributed by atoms with Gasteiger partial charge in [0.1, 0.15) is 17.3 Å². The van der Waals surface area contributed by atoms with Crippen LogP contribution in [0.5, 0.6) is 11.5 Å². The molecular formula is C28H29Br2FN4O3. The monoisotopic (exact) mass is 646 g/mol. The van der Waals surface area contributed by atoms with E-state index in [-0.39, 0.29) is 12.6 Å². The summed E-state index contributed by atoms with van der Waals surface area (Å²) in [5.74, 6) is -1.03. The highest BCUT2D eigenvalue weighted by atomic mass is 79.9. The van der Waals surface area contributed by atoms with Crippen molar-refractivity contribution >= 4 is 55.0 Å². The first-order valence-corrected chi connectivity index (χ1v) is 13.7. The van der Waals surface area contributed by atoms with E-state index in [0.717, 1.165) is 34.3 Å². The predicted molar refractivity (Wildman–Crippen MR) is 154 cm³/mol. The topological polar surface area (TPSA) is 65.1 Å². The van der Waals surface area contributed by atoms with E-state index < -0.39 is 17.6 Å². The summed E-state index contributed by atoms with van der Waals surface area (Å²) in [6.45, 7) is 4.71. The molecule has 0 saturated carbocycles. The molecule has 1 fully saturated rings. The lowest BCUT2D eigenvalue weighted by Gasteiger charge is -2.40. The first kappa shape index (κ1) is 28.1. The van der Waals surface area contributed by atoms with E-state index in [1.807, 2.05) is 24.3 Å². The lowest BCUT2D eigenvalue weighted by molar-refractivity contribution is -0.142. The van der Waals surface area contributed by atoms with E-state index in [1.165, 1.54) is 30.1 Å². The van der Waals surface area contributed by atoms with Gasteiger partial charge in [0.25, 0.3) is 0 Å². The third-order valence-corrected chi connectivity index (χ3v) is 7.38. The fourth-order valence-electron chi connectivity index (χ4n) is 4.43. The zero-order valence-electron chi connectivity index (χ0n) is 21.4.